The lowest BCUT2D eigenvalue weighted by atomic mass is 9.88. The van der Waals surface area contributed by atoms with Gasteiger partial charge in [0, 0.05) is 32.6 Å². The molecule has 1 aliphatic heterocycles. The summed E-state index contributed by atoms with van der Waals surface area (Å²) in [6.07, 6.45) is 3.14. The first-order chi connectivity index (χ1) is 12.0. The number of likely N-dealkylation sites (tertiary alicyclic amines) is 1. The molecule has 1 amide bonds. The zero-order valence-electron chi connectivity index (χ0n) is 15.5. The molecule has 0 unspecified atom stereocenters. The third-order valence-corrected chi connectivity index (χ3v) is 6.46. The lowest BCUT2D eigenvalue weighted by Crippen LogP contribution is -2.39. The van der Waals surface area contributed by atoms with Gasteiger partial charge in [0.05, 0.1) is 0 Å². The zero-order chi connectivity index (χ0) is 17.6. The van der Waals surface area contributed by atoms with E-state index in [1.54, 1.807) is 0 Å². The van der Waals surface area contributed by atoms with Gasteiger partial charge in [-0.05, 0) is 60.5 Å². The summed E-state index contributed by atoms with van der Waals surface area (Å²) >= 11 is 0. The van der Waals surface area contributed by atoms with Gasteiger partial charge in [0.25, 0.3) is 0 Å². The number of hydrogen-bond acceptors (Lipinski definition) is 2. The Morgan fingerprint density at radius 2 is 1.80 bits per heavy atom. The summed E-state index contributed by atoms with van der Waals surface area (Å²) in [5.41, 5.74) is 2.75. The number of piperidine rings is 1. The molecule has 3 atom stereocenters. The number of amides is 1. The Morgan fingerprint density at radius 1 is 1.08 bits per heavy atom. The van der Waals surface area contributed by atoms with E-state index in [1.807, 2.05) is 11.9 Å². The standard InChI is InChI=1S/C22H28N2O/c1-15-8-9-16(21-7-5-4-6-20(15)21)13-23(2)19-10-17-12-22(25)24(3)14-18(17)11-19/h4-9,17-19H,10-14H2,1-3H3/t17-,18+,19-/m1/s1. The molecule has 2 fully saturated rings. The van der Waals surface area contributed by atoms with Crippen molar-refractivity contribution in [3.05, 3.63) is 47.5 Å². The predicted octanol–water partition coefficient (Wildman–Crippen LogP) is 3.84. The van der Waals surface area contributed by atoms with Gasteiger partial charge in [-0.2, -0.15) is 0 Å². The van der Waals surface area contributed by atoms with Crippen LogP contribution < -0.4 is 0 Å². The quantitative estimate of drug-likeness (QED) is 0.850. The molecule has 25 heavy (non-hydrogen) atoms. The summed E-state index contributed by atoms with van der Waals surface area (Å²) in [7, 11) is 4.20. The average molecular weight is 336 g/mol. The molecule has 132 valence electrons. The first kappa shape index (κ1) is 16.6. The number of aryl methyl sites for hydroxylation is 1. The molecular weight excluding hydrogens is 308 g/mol. The van der Waals surface area contributed by atoms with E-state index in [0.717, 1.165) is 19.5 Å². The molecule has 0 bridgehead atoms. The molecule has 0 N–H and O–H groups in total. The number of fused-ring (bicyclic) bond motifs is 2. The van der Waals surface area contributed by atoms with Gasteiger partial charge in [0.1, 0.15) is 0 Å². The smallest absolute Gasteiger partial charge is 0.222 e. The molecule has 3 nitrogen and oxygen atoms in total. The van der Waals surface area contributed by atoms with E-state index >= 15 is 0 Å². The molecule has 2 aromatic rings. The van der Waals surface area contributed by atoms with Gasteiger partial charge in [0.2, 0.25) is 5.91 Å². The Bertz CT molecular complexity index is 800. The van der Waals surface area contributed by atoms with Crippen LogP contribution in [0.25, 0.3) is 10.8 Å². The van der Waals surface area contributed by atoms with Crippen molar-refractivity contribution >= 4 is 16.7 Å². The monoisotopic (exact) mass is 336 g/mol. The highest BCUT2D eigenvalue weighted by Gasteiger charge is 2.41. The topological polar surface area (TPSA) is 23.6 Å². The van der Waals surface area contributed by atoms with E-state index < -0.39 is 0 Å². The number of hydrogen-bond donors (Lipinski definition) is 0. The highest BCUT2D eigenvalue weighted by molar-refractivity contribution is 5.88. The van der Waals surface area contributed by atoms with E-state index in [4.69, 9.17) is 0 Å². The molecule has 2 aromatic carbocycles. The van der Waals surface area contributed by atoms with Crippen LogP contribution in [0.4, 0.5) is 0 Å². The summed E-state index contributed by atoms with van der Waals surface area (Å²) in [5.74, 6) is 1.60. The molecule has 4 rings (SSSR count). The second kappa shape index (κ2) is 6.45. The Labute approximate surface area is 150 Å². The summed E-state index contributed by atoms with van der Waals surface area (Å²) in [4.78, 5) is 16.4. The minimum absolute atomic E-state index is 0.328. The number of rotatable bonds is 3. The molecule has 2 aliphatic rings. The van der Waals surface area contributed by atoms with Crippen molar-refractivity contribution < 1.29 is 4.79 Å². The van der Waals surface area contributed by atoms with Crippen LogP contribution in [-0.2, 0) is 11.3 Å². The maximum Gasteiger partial charge on any atom is 0.222 e. The van der Waals surface area contributed by atoms with Gasteiger partial charge in [-0.25, -0.2) is 0 Å². The van der Waals surface area contributed by atoms with Crippen molar-refractivity contribution in [3.8, 4) is 0 Å². The number of carbonyl (C=O) groups is 1. The summed E-state index contributed by atoms with van der Waals surface area (Å²) in [6.45, 7) is 4.11. The van der Waals surface area contributed by atoms with Crippen LogP contribution in [0.15, 0.2) is 36.4 Å². The number of carbonyl (C=O) groups excluding carboxylic acids is 1. The molecule has 0 spiro atoms. The Morgan fingerprint density at radius 3 is 2.60 bits per heavy atom. The van der Waals surface area contributed by atoms with E-state index in [1.165, 1.54) is 34.7 Å². The number of benzene rings is 2. The van der Waals surface area contributed by atoms with Crippen LogP contribution in [0.5, 0.6) is 0 Å². The normalized spacial score (nSPS) is 26.5. The predicted molar refractivity (Wildman–Crippen MR) is 102 cm³/mol. The molecule has 0 radical (unpaired) electrons. The molecular formula is C22H28N2O. The largest absolute Gasteiger partial charge is 0.345 e. The lowest BCUT2D eigenvalue weighted by molar-refractivity contribution is -0.134. The van der Waals surface area contributed by atoms with Crippen molar-refractivity contribution in [3.63, 3.8) is 0 Å². The average Bonchev–Trinajstić information content (AvgIpc) is 3.01. The number of nitrogens with zero attached hydrogens (tertiary/aromatic N) is 2. The first-order valence-corrected chi connectivity index (χ1v) is 9.44. The molecule has 0 aromatic heterocycles. The van der Waals surface area contributed by atoms with Crippen LogP contribution in [0.1, 0.15) is 30.4 Å². The first-order valence-electron chi connectivity index (χ1n) is 9.44. The van der Waals surface area contributed by atoms with Gasteiger partial charge in [-0.1, -0.05) is 36.4 Å². The fourth-order valence-electron chi connectivity index (χ4n) is 4.90. The van der Waals surface area contributed by atoms with Gasteiger partial charge < -0.3 is 4.90 Å². The Balaban J connectivity index is 1.51. The van der Waals surface area contributed by atoms with Crippen molar-refractivity contribution in [2.75, 3.05) is 20.6 Å². The van der Waals surface area contributed by atoms with Crippen LogP contribution >= 0.6 is 0 Å². The third kappa shape index (κ3) is 3.06. The molecule has 1 saturated heterocycles. The molecule has 1 heterocycles. The maximum absolute atomic E-state index is 12.0. The van der Waals surface area contributed by atoms with Gasteiger partial charge in [0.15, 0.2) is 0 Å². The molecule has 1 saturated carbocycles. The van der Waals surface area contributed by atoms with Gasteiger partial charge >= 0.3 is 0 Å². The van der Waals surface area contributed by atoms with E-state index in [9.17, 15) is 4.79 Å². The van der Waals surface area contributed by atoms with Crippen molar-refractivity contribution in [2.24, 2.45) is 11.8 Å². The van der Waals surface area contributed by atoms with Crippen LogP contribution in [0.3, 0.4) is 0 Å². The second-order valence-electron chi connectivity index (χ2n) is 8.13. The highest BCUT2D eigenvalue weighted by atomic mass is 16.2. The minimum Gasteiger partial charge on any atom is -0.345 e. The maximum atomic E-state index is 12.0. The van der Waals surface area contributed by atoms with Crippen LogP contribution in [-0.4, -0.2) is 42.4 Å². The van der Waals surface area contributed by atoms with E-state index in [-0.39, 0.29) is 0 Å². The summed E-state index contributed by atoms with van der Waals surface area (Å²) in [6, 6.07) is 13.8. The Hall–Kier alpha value is -1.87. The van der Waals surface area contributed by atoms with Gasteiger partial charge in [-0.15, -0.1) is 0 Å². The minimum atomic E-state index is 0.328. The highest BCUT2D eigenvalue weighted by Crippen LogP contribution is 2.40. The summed E-state index contributed by atoms with van der Waals surface area (Å²) in [5, 5.41) is 2.74. The lowest BCUT2D eigenvalue weighted by Gasteiger charge is -2.31. The van der Waals surface area contributed by atoms with Crippen molar-refractivity contribution in [1.82, 2.24) is 9.80 Å². The van der Waals surface area contributed by atoms with Gasteiger partial charge in [-0.3, -0.25) is 9.69 Å². The Kier molecular flexibility index (Phi) is 4.28. The molecule has 3 heteroatoms. The SMILES string of the molecule is Cc1ccc(CN(C)[C@@H]2C[C@@H]3CC(=O)N(C)C[C@@H]3C2)c2ccccc12. The second-order valence-corrected chi connectivity index (χ2v) is 8.13. The zero-order valence-corrected chi connectivity index (χ0v) is 15.5. The van der Waals surface area contributed by atoms with Crippen LogP contribution in [0, 0.1) is 18.8 Å². The summed E-state index contributed by atoms with van der Waals surface area (Å²) < 4.78 is 0. The van der Waals surface area contributed by atoms with E-state index in [2.05, 4.69) is 55.3 Å². The van der Waals surface area contributed by atoms with E-state index in [0.29, 0.717) is 23.8 Å². The fourth-order valence-corrected chi connectivity index (χ4v) is 4.90. The van der Waals surface area contributed by atoms with Crippen molar-refractivity contribution in [1.29, 1.82) is 0 Å². The van der Waals surface area contributed by atoms with Crippen molar-refractivity contribution in [2.45, 2.75) is 38.8 Å². The van der Waals surface area contributed by atoms with Crippen LogP contribution in [0.2, 0.25) is 0 Å². The fraction of sp³-hybridized carbons (Fsp3) is 0.500. The molecule has 1 aliphatic carbocycles. The third-order valence-electron chi connectivity index (χ3n) is 6.46.